The molecule has 0 fully saturated rings. The Balaban J connectivity index is 0.000000394. The topological polar surface area (TPSA) is 149 Å². The fraction of sp³-hybridized carbons (Fsp3) is 0.400. The van der Waals surface area contributed by atoms with Crippen molar-refractivity contribution < 1.29 is 40.0 Å². The van der Waals surface area contributed by atoms with Crippen LogP contribution in [0.3, 0.4) is 0 Å². The van der Waals surface area contributed by atoms with Gasteiger partial charge in [0.25, 0.3) is 0 Å². The van der Waals surface area contributed by atoms with E-state index in [1.807, 2.05) is 39.8 Å². The van der Waals surface area contributed by atoms with Crippen LogP contribution in [0.25, 0.3) is 0 Å². The predicted molar refractivity (Wildman–Crippen MR) is 96.8 cm³/mol. The number of carboxylic acids is 2. The summed E-state index contributed by atoms with van der Waals surface area (Å²) in [6, 6.07) is 7.14. The van der Waals surface area contributed by atoms with E-state index in [1.165, 1.54) is 0 Å². The number of aromatic hydroxyl groups is 2. The molecule has 2 aromatic heterocycles. The Labute approximate surface area is 164 Å². The molecule has 0 aromatic carbocycles. The van der Waals surface area contributed by atoms with E-state index in [4.69, 9.17) is 0 Å². The lowest BCUT2D eigenvalue weighted by Gasteiger charge is -2.00. The molecule has 0 aliphatic heterocycles. The number of H-pyrrole nitrogens is 2. The summed E-state index contributed by atoms with van der Waals surface area (Å²) < 4.78 is 0. The number of carboxylic acid groups (broad SMARTS) is 2. The number of hydrogen-bond donors (Lipinski definition) is 2. The highest BCUT2D eigenvalue weighted by Gasteiger charge is 2.06. The highest BCUT2D eigenvalue weighted by Crippen LogP contribution is 2.11. The van der Waals surface area contributed by atoms with E-state index >= 15 is 0 Å². The van der Waals surface area contributed by atoms with Crippen molar-refractivity contribution in [2.75, 3.05) is 0 Å². The molecule has 0 saturated carbocycles. The molecule has 8 nitrogen and oxygen atoms in total. The SMILES string of the molecule is CCc1[nH+]c(C)ccc1O.CCc1[nH+]c(C)ccc1O.O=C([O-])CCC(=O)[O-]. The Bertz CT molecular complexity index is 712. The average Bonchev–Trinajstić information content (AvgIpc) is 2.65. The van der Waals surface area contributed by atoms with Gasteiger partial charge in [0.1, 0.15) is 0 Å². The van der Waals surface area contributed by atoms with Gasteiger partial charge in [-0.25, -0.2) is 9.97 Å². The lowest BCUT2D eigenvalue weighted by Crippen LogP contribution is -2.27. The molecule has 0 saturated heterocycles. The van der Waals surface area contributed by atoms with E-state index in [1.54, 1.807) is 12.1 Å². The maximum Gasteiger partial charge on any atom is 0.221 e. The molecule has 28 heavy (non-hydrogen) atoms. The summed E-state index contributed by atoms with van der Waals surface area (Å²) in [5, 5.41) is 37.4. The fourth-order valence-electron chi connectivity index (χ4n) is 2.04. The van der Waals surface area contributed by atoms with Crippen LogP contribution in [-0.4, -0.2) is 22.2 Å². The van der Waals surface area contributed by atoms with Gasteiger partial charge >= 0.3 is 0 Å². The van der Waals surface area contributed by atoms with Gasteiger partial charge in [-0.1, -0.05) is 13.8 Å². The second-order valence-corrected chi connectivity index (χ2v) is 5.96. The van der Waals surface area contributed by atoms with Crippen LogP contribution in [0, 0.1) is 13.8 Å². The molecule has 0 unspecified atom stereocenters. The van der Waals surface area contributed by atoms with E-state index < -0.39 is 24.8 Å². The molecule has 0 bridgehead atoms. The molecule has 4 N–H and O–H groups in total. The number of aliphatic carboxylic acids is 2. The zero-order chi connectivity index (χ0) is 21.7. The maximum atomic E-state index is 9.50. The van der Waals surface area contributed by atoms with Crippen LogP contribution in [0.1, 0.15) is 49.5 Å². The Morgan fingerprint density at radius 1 is 0.786 bits per heavy atom. The van der Waals surface area contributed by atoms with Gasteiger partial charge in [0.15, 0.2) is 22.9 Å². The number of pyridine rings is 2. The van der Waals surface area contributed by atoms with Crippen molar-refractivity contribution in [3.05, 3.63) is 47.0 Å². The number of aryl methyl sites for hydroxylation is 4. The first-order valence-electron chi connectivity index (χ1n) is 8.91. The Kier molecular flexibility index (Phi) is 11.6. The number of carbonyl (C=O) groups is 2. The Morgan fingerprint density at radius 2 is 1.11 bits per heavy atom. The second kappa shape index (κ2) is 13.1. The summed E-state index contributed by atoms with van der Waals surface area (Å²) in [5.41, 5.74) is 3.96. The van der Waals surface area contributed by atoms with E-state index in [0.29, 0.717) is 11.5 Å². The van der Waals surface area contributed by atoms with Crippen molar-refractivity contribution >= 4 is 11.9 Å². The minimum atomic E-state index is -1.37. The fourth-order valence-corrected chi connectivity index (χ4v) is 2.04. The van der Waals surface area contributed by atoms with E-state index in [2.05, 4.69) is 9.97 Å². The lowest BCUT2D eigenvalue weighted by molar-refractivity contribution is -0.400. The van der Waals surface area contributed by atoms with Crippen LogP contribution >= 0.6 is 0 Å². The number of nitrogens with one attached hydrogen (secondary N) is 2. The van der Waals surface area contributed by atoms with Crippen LogP contribution in [0.4, 0.5) is 0 Å². The van der Waals surface area contributed by atoms with Gasteiger partial charge in [0, 0.05) is 50.8 Å². The minimum absolute atomic E-state index is 0.355. The summed E-state index contributed by atoms with van der Waals surface area (Å²) in [6.45, 7) is 7.95. The van der Waals surface area contributed by atoms with Gasteiger partial charge < -0.3 is 30.0 Å². The molecule has 2 aromatic rings. The smallest absolute Gasteiger partial charge is 0.221 e. The van der Waals surface area contributed by atoms with E-state index in [0.717, 1.165) is 35.6 Å². The zero-order valence-corrected chi connectivity index (χ0v) is 16.7. The van der Waals surface area contributed by atoms with Crippen molar-refractivity contribution in [3.8, 4) is 11.5 Å². The summed E-state index contributed by atoms with van der Waals surface area (Å²) in [5.74, 6) is -2.02. The van der Waals surface area contributed by atoms with E-state index in [-0.39, 0.29) is 0 Å². The predicted octanol–water partition coefficient (Wildman–Crippen LogP) is -0.579. The first kappa shape index (κ1) is 24.8. The van der Waals surface area contributed by atoms with Gasteiger partial charge in [-0.2, -0.15) is 0 Å². The quantitative estimate of drug-likeness (QED) is 0.695. The standard InChI is InChI=1S/2C8H11NO.C4H6O4/c2*1-3-7-8(10)5-4-6(2)9-7;5-3(6)1-2-4(7)8/h2*4-5,10H,3H2,1-2H3;1-2H2,(H,5,6)(H,7,8). The second-order valence-electron chi connectivity index (χ2n) is 5.96. The number of rotatable bonds is 5. The molecule has 0 spiro atoms. The van der Waals surface area contributed by atoms with Crippen LogP contribution in [0.2, 0.25) is 0 Å². The van der Waals surface area contributed by atoms with Gasteiger partial charge in [0.05, 0.1) is 0 Å². The maximum absolute atomic E-state index is 9.50. The zero-order valence-electron chi connectivity index (χ0n) is 16.7. The molecule has 0 aliphatic carbocycles. The van der Waals surface area contributed by atoms with Crippen molar-refractivity contribution in [2.45, 2.75) is 53.4 Å². The van der Waals surface area contributed by atoms with Crippen molar-refractivity contribution in [3.63, 3.8) is 0 Å². The van der Waals surface area contributed by atoms with Crippen LogP contribution in [0.15, 0.2) is 24.3 Å². The summed E-state index contributed by atoms with van der Waals surface area (Å²) in [6.07, 6.45) is 0.742. The van der Waals surface area contributed by atoms with Gasteiger partial charge in [-0.05, 0) is 25.0 Å². The number of carbonyl (C=O) groups excluding carboxylic acids is 2. The molecule has 0 aliphatic rings. The molecule has 8 heteroatoms. The molecule has 2 heterocycles. The van der Waals surface area contributed by atoms with Gasteiger partial charge in [-0.15, -0.1) is 0 Å². The Morgan fingerprint density at radius 3 is 1.32 bits per heavy atom. The monoisotopic (exact) mass is 392 g/mol. The molecule has 154 valence electrons. The first-order chi connectivity index (χ1) is 13.1. The van der Waals surface area contributed by atoms with Crippen LogP contribution < -0.4 is 20.2 Å². The molecule has 0 amide bonds. The van der Waals surface area contributed by atoms with Crippen LogP contribution in [-0.2, 0) is 22.4 Å². The normalized spacial score (nSPS) is 9.43. The van der Waals surface area contributed by atoms with Gasteiger partial charge in [0.2, 0.25) is 11.4 Å². The van der Waals surface area contributed by atoms with Crippen molar-refractivity contribution in [1.82, 2.24) is 0 Å². The number of aromatic nitrogens is 2. The van der Waals surface area contributed by atoms with E-state index in [9.17, 15) is 30.0 Å². The summed E-state index contributed by atoms with van der Waals surface area (Å²) >= 11 is 0. The molecule has 2 rings (SSSR count). The Hall–Kier alpha value is -3.16. The minimum Gasteiger partial charge on any atom is -0.550 e. The highest BCUT2D eigenvalue weighted by molar-refractivity contribution is 5.72. The molecule has 0 radical (unpaired) electrons. The highest BCUT2D eigenvalue weighted by atomic mass is 16.4. The number of hydrogen-bond acceptors (Lipinski definition) is 6. The first-order valence-corrected chi connectivity index (χ1v) is 8.91. The molecule has 0 atom stereocenters. The third kappa shape index (κ3) is 10.7. The van der Waals surface area contributed by atoms with Crippen molar-refractivity contribution in [1.29, 1.82) is 0 Å². The third-order valence-electron chi connectivity index (χ3n) is 3.54. The lowest BCUT2D eigenvalue weighted by atomic mass is 10.2. The van der Waals surface area contributed by atoms with Crippen molar-refractivity contribution in [2.24, 2.45) is 0 Å². The summed E-state index contributed by atoms with van der Waals surface area (Å²) in [7, 11) is 0. The third-order valence-corrected chi connectivity index (χ3v) is 3.54. The van der Waals surface area contributed by atoms with Crippen LogP contribution in [0.5, 0.6) is 11.5 Å². The summed E-state index contributed by atoms with van der Waals surface area (Å²) in [4.78, 5) is 25.2. The number of aromatic amines is 2. The average molecular weight is 392 g/mol. The molecular formula is C20H28N2O6. The largest absolute Gasteiger partial charge is 0.550 e. The van der Waals surface area contributed by atoms with Gasteiger partial charge in [-0.3, -0.25) is 0 Å². The molecular weight excluding hydrogens is 364 g/mol.